The Morgan fingerprint density at radius 2 is 0.964 bits per heavy atom. The number of hydrogen-bond acceptors (Lipinski definition) is 2. The van der Waals surface area contributed by atoms with Gasteiger partial charge in [0.1, 0.15) is 11.5 Å². The van der Waals surface area contributed by atoms with Crippen LogP contribution in [0.3, 0.4) is 0 Å². The Bertz CT molecular complexity index is 3110. The van der Waals surface area contributed by atoms with E-state index >= 15 is 0 Å². The second-order valence-electron chi connectivity index (χ2n) is 16.0. The van der Waals surface area contributed by atoms with Crippen molar-refractivity contribution in [2.45, 2.75) is 24.7 Å². The summed E-state index contributed by atoms with van der Waals surface area (Å²) in [6.07, 6.45) is 0. The van der Waals surface area contributed by atoms with E-state index in [4.69, 9.17) is 4.74 Å². The molecule has 264 valence electrons. The topological polar surface area (TPSA) is 12.5 Å². The summed E-state index contributed by atoms with van der Waals surface area (Å²) in [4.78, 5) is 2.43. The van der Waals surface area contributed by atoms with Gasteiger partial charge in [0.15, 0.2) is 0 Å². The lowest BCUT2D eigenvalue weighted by Crippen LogP contribution is -2.36. The first-order chi connectivity index (χ1) is 27.5. The van der Waals surface area contributed by atoms with Gasteiger partial charge >= 0.3 is 0 Å². The first kappa shape index (κ1) is 31.5. The summed E-state index contributed by atoms with van der Waals surface area (Å²) >= 11 is 0. The fourth-order valence-electron chi connectivity index (χ4n) is 10.5. The van der Waals surface area contributed by atoms with Crippen molar-refractivity contribution in [2.24, 2.45) is 0 Å². The highest BCUT2D eigenvalue weighted by Crippen LogP contribution is 2.62. The highest BCUT2D eigenvalue weighted by molar-refractivity contribution is 6.06. The molecule has 1 unspecified atom stereocenters. The van der Waals surface area contributed by atoms with Crippen LogP contribution in [-0.2, 0) is 10.8 Å². The highest BCUT2D eigenvalue weighted by Gasteiger charge is 2.49. The van der Waals surface area contributed by atoms with Crippen LogP contribution in [0.1, 0.15) is 47.2 Å². The third kappa shape index (κ3) is 4.06. The fraction of sp³-hybridized carbons (Fsp3) is 0.0741. The molecule has 1 spiro atoms. The van der Waals surface area contributed by atoms with E-state index in [1.54, 1.807) is 0 Å². The lowest BCUT2D eigenvalue weighted by molar-refractivity contribution is 0.435. The van der Waals surface area contributed by atoms with E-state index in [2.05, 4.69) is 207 Å². The molecule has 0 bridgehead atoms. The van der Waals surface area contributed by atoms with E-state index in [0.29, 0.717) is 0 Å². The molecule has 9 aromatic carbocycles. The summed E-state index contributed by atoms with van der Waals surface area (Å²) in [6.45, 7) is 4.71. The molecule has 9 aromatic rings. The van der Waals surface area contributed by atoms with Crippen LogP contribution in [0.25, 0.3) is 43.8 Å². The van der Waals surface area contributed by atoms with Crippen molar-refractivity contribution in [1.29, 1.82) is 0 Å². The molecule has 0 radical (unpaired) electrons. The minimum Gasteiger partial charge on any atom is -0.457 e. The Balaban J connectivity index is 1.13. The van der Waals surface area contributed by atoms with Gasteiger partial charge in [-0.05, 0) is 91.0 Å². The molecule has 0 saturated heterocycles. The van der Waals surface area contributed by atoms with E-state index in [-0.39, 0.29) is 5.41 Å². The Labute approximate surface area is 326 Å². The van der Waals surface area contributed by atoms with Crippen LogP contribution in [0, 0.1) is 0 Å². The quantitative estimate of drug-likeness (QED) is 0.181. The molecule has 0 amide bonds. The van der Waals surface area contributed by atoms with Crippen molar-refractivity contribution in [2.75, 3.05) is 4.90 Å². The van der Waals surface area contributed by atoms with Crippen LogP contribution in [0.4, 0.5) is 17.1 Å². The van der Waals surface area contributed by atoms with Gasteiger partial charge in [-0.1, -0.05) is 166 Å². The van der Waals surface area contributed by atoms with Crippen LogP contribution in [-0.4, -0.2) is 0 Å². The maximum absolute atomic E-state index is 7.08. The molecule has 0 N–H and O–H groups in total. The van der Waals surface area contributed by atoms with E-state index in [0.717, 1.165) is 34.1 Å². The molecule has 2 heteroatoms. The van der Waals surface area contributed by atoms with E-state index in [1.165, 1.54) is 71.6 Å². The molecule has 0 fully saturated rings. The summed E-state index contributed by atoms with van der Waals surface area (Å²) in [5.41, 5.74) is 15.4. The Kier molecular flexibility index (Phi) is 6.36. The first-order valence-corrected chi connectivity index (χ1v) is 19.6. The molecule has 3 aliphatic rings. The van der Waals surface area contributed by atoms with Gasteiger partial charge in [0, 0.05) is 39.4 Å². The number of nitrogens with zero attached hydrogens (tertiary/aromatic N) is 1. The van der Waals surface area contributed by atoms with Gasteiger partial charge in [-0.2, -0.15) is 0 Å². The third-order valence-electron chi connectivity index (χ3n) is 12.9. The molecule has 0 aromatic heterocycles. The maximum atomic E-state index is 7.08. The molecular weight excluding hydrogens is 679 g/mol. The van der Waals surface area contributed by atoms with Gasteiger partial charge in [-0.3, -0.25) is 0 Å². The molecule has 56 heavy (non-hydrogen) atoms. The summed E-state index contributed by atoms with van der Waals surface area (Å²) in [7, 11) is 0. The number of benzene rings is 9. The van der Waals surface area contributed by atoms with Crippen molar-refractivity contribution in [3.05, 3.63) is 221 Å². The summed E-state index contributed by atoms with van der Waals surface area (Å²) in [5, 5.41) is 4.96. The van der Waals surface area contributed by atoms with Crippen molar-refractivity contribution >= 4 is 38.6 Å². The largest absolute Gasteiger partial charge is 0.457 e. The molecule has 1 atom stereocenters. The van der Waals surface area contributed by atoms with Gasteiger partial charge in [0.05, 0.1) is 11.1 Å². The molecule has 1 heterocycles. The number of para-hydroxylation sites is 1. The van der Waals surface area contributed by atoms with E-state index < -0.39 is 5.41 Å². The normalized spacial score (nSPS) is 16.4. The van der Waals surface area contributed by atoms with Crippen LogP contribution in [0.15, 0.2) is 188 Å². The van der Waals surface area contributed by atoms with Crippen molar-refractivity contribution in [1.82, 2.24) is 0 Å². The zero-order chi connectivity index (χ0) is 37.2. The fourth-order valence-corrected chi connectivity index (χ4v) is 10.5. The predicted molar refractivity (Wildman–Crippen MR) is 231 cm³/mol. The second kappa shape index (κ2) is 11.3. The summed E-state index contributed by atoms with van der Waals surface area (Å²) in [5.74, 6) is 1.75. The Morgan fingerprint density at radius 3 is 1.84 bits per heavy atom. The average Bonchev–Trinajstić information content (AvgIpc) is 3.48. The number of ether oxygens (including phenoxy) is 1. The number of hydrogen-bond donors (Lipinski definition) is 0. The standard InChI is InChI=1S/C54H37NO/c1-53(2)43-22-7-5-19-39(43)41-30-28-36(32-48(41)53)55(49-26-13-15-34-14-3-4-18-38(34)49)37-29-31-46-51(33-37)56-50-27-10-9-24-45(50)54(46)44-23-8-6-20-40(44)42-21-11-16-35-17-12-25-47(54)52(35)42/h3-33H,1-2H3. The van der Waals surface area contributed by atoms with Crippen LogP contribution >= 0.6 is 0 Å². The highest BCUT2D eigenvalue weighted by atomic mass is 16.5. The Hall–Kier alpha value is -6.90. The smallest absolute Gasteiger partial charge is 0.134 e. The van der Waals surface area contributed by atoms with Crippen LogP contribution < -0.4 is 9.64 Å². The number of anilines is 3. The van der Waals surface area contributed by atoms with Gasteiger partial charge in [0.2, 0.25) is 0 Å². The molecule has 12 rings (SSSR count). The van der Waals surface area contributed by atoms with Crippen molar-refractivity contribution in [3.8, 4) is 33.8 Å². The SMILES string of the molecule is CC1(C)c2ccccc2-c2ccc(N(c3ccc4c(c3)Oc3ccccc3C43c4ccccc4-c4cccc5cccc3c45)c3cccc4ccccc34)cc21. The molecule has 2 aliphatic carbocycles. The zero-order valence-electron chi connectivity index (χ0n) is 31.3. The van der Waals surface area contributed by atoms with E-state index in [9.17, 15) is 0 Å². The molecule has 2 nitrogen and oxygen atoms in total. The lowest BCUT2D eigenvalue weighted by atomic mass is 9.58. The van der Waals surface area contributed by atoms with Gasteiger partial charge in [-0.15, -0.1) is 0 Å². The molecule has 1 aliphatic heterocycles. The number of rotatable bonds is 3. The minimum atomic E-state index is -0.583. The zero-order valence-corrected chi connectivity index (χ0v) is 31.3. The predicted octanol–water partition coefficient (Wildman–Crippen LogP) is 14.2. The second-order valence-corrected chi connectivity index (χ2v) is 16.0. The average molecular weight is 716 g/mol. The van der Waals surface area contributed by atoms with Crippen LogP contribution in [0.2, 0.25) is 0 Å². The van der Waals surface area contributed by atoms with Gasteiger partial charge in [-0.25, -0.2) is 0 Å². The van der Waals surface area contributed by atoms with Crippen LogP contribution in [0.5, 0.6) is 11.5 Å². The van der Waals surface area contributed by atoms with Crippen molar-refractivity contribution in [3.63, 3.8) is 0 Å². The third-order valence-corrected chi connectivity index (χ3v) is 12.9. The number of fused-ring (bicyclic) bond motifs is 12. The lowest BCUT2D eigenvalue weighted by Gasteiger charge is -2.45. The Morgan fingerprint density at radius 1 is 0.393 bits per heavy atom. The van der Waals surface area contributed by atoms with Gasteiger partial charge in [0.25, 0.3) is 0 Å². The minimum absolute atomic E-state index is 0.132. The monoisotopic (exact) mass is 715 g/mol. The maximum Gasteiger partial charge on any atom is 0.134 e. The molecule has 0 saturated carbocycles. The first-order valence-electron chi connectivity index (χ1n) is 19.6. The summed E-state index contributed by atoms with van der Waals surface area (Å²) in [6, 6.07) is 69.4. The molecular formula is C54H37NO. The van der Waals surface area contributed by atoms with Crippen molar-refractivity contribution < 1.29 is 4.74 Å². The summed E-state index contributed by atoms with van der Waals surface area (Å²) < 4.78 is 7.08. The van der Waals surface area contributed by atoms with Gasteiger partial charge < -0.3 is 9.64 Å². The van der Waals surface area contributed by atoms with E-state index in [1.807, 2.05) is 0 Å².